The van der Waals surface area contributed by atoms with Crippen LogP contribution in [-0.2, 0) is 5.41 Å². The molecule has 3 rings (SSSR count). The molecule has 1 saturated heterocycles. The van der Waals surface area contributed by atoms with Crippen LogP contribution in [0.15, 0.2) is 5.38 Å². The second-order valence-corrected chi connectivity index (χ2v) is 10.9. The van der Waals surface area contributed by atoms with E-state index in [0.717, 1.165) is 36.9 Å². The van der Waals surface area contributed by atoms with E-state index in [-0.39, 0.29) is 27.4 Å². The molecular formula is C20H31BNOS. The lowest BCUT2D eigenvalue weighted by atomic mass is 9.40. The van der Waals surface area contributed by atoms with Gasteiger partial charge < -0.3 is 5.32 Å². The van der Waals surface area contributed by atoms with Crippen LogP contribution < -0.4 is 5.32 Å². The van der Waals surface area contributed by atoms with E-state index in [1.54, 1.807) is 0 Å². The van der Waals surface area contributed by atoms with E-state index in [1.165, 1.54) is 4.88 Å². The van der Waals surface area contributed by atoms with Crippen LogP contribution >= 0.6 is 11.3 Å². The summed E-state index contributed by atoms with van der Waals surface area (Å²) in [6.45, 7) is 17.2. The van der Waals surface area contributed by atoms with E-state index in [0.29, 0.717) is 0 Å². The fraction of sp³-hybridized carbons (Fsp3) is 0.750. The average molecular weight is 344 g/mol. The molecule has 3 heterocycles. The Morgan fingerprint density at radius 1 is 1.08 bits per heavy atom. The largest absolute Gasteiger partial charge is 0.352 e. The molecule has 1 aromatic heterocycles. The van der Waals surface area contributed by atoms with Gasteiger partial charge in [0.2, 0.25) is 0 Å². The van der Waals surface area contributed by atoms with Crippen LogP contribution in [0, 0.1) is 12.3 Å². The zero-order valence-electron chi connectivity index (χ0n) is 16.3. The third-order valence-electron chi connectivity index (χ3n) is 6.21. The van der Waals surface area contributed by atoms with Crippen LogP contribution in [0.2, 0.25) is 10.6 Å². The van der Waals surface area contributed by atoms with Crippen molar-refractivity contribution in [2.45, 2.75) is 83.8 Å². The Morgan fingerprint density at radius 2 is 1.71 bits per heavy atom. The van der Waals surface area contributed by atoms with Gasteiger partial charge in [-0.05, 0) is 42.5 Å². The molecule has 0 bridgehead atoms. The van der Waals surface area contributed by atoms with E-state index in [9.17, 15) is 4.79 Å². The molecule has 1 spiro atoms. The molecule has 131 valence electrons. The van der Waals surface area contributed by atoms with Gasteiger partial charge in [0.05, 0.1) is 5.56 Å². The van der Waals surface area contributed by atoms with Gasteiger partial charge in [-0.25, -0.2) is 0 Å². The van der Waals surface area contributed by atoms with E-state index in [2.05, 4.69) is 66.4 Å². The molecule has 4 heteroatoms. The standard InChI is InChI=1S/C20H31BNOS/c1-13-10-24-15-14(13)16(23)22-9-8-20(15)12-19(6,7)21-18(4,5)11-17(20,2)3/h10H,8-9,11-12H2,1-7H3,(H,22,23). The van der Waals surface area contributed by atoms with Gasteiger partial charge in [-0.1, -0.05) is 52.2 Å². The zero-order valence-corrected chi connectivity index (χ0v) is 17.1. The summed E-state index contributed by atoms with van der Waals surface area (Å²) in [7, 11) is 2.57. The van der Waals surface area contributed by atoms with Crippen LogP contribution in [-0.4, -0.2) is 19.7 Å². The van der Waals surface area contributed by atoms with Crippen molar-refractivity contribution in [1.29, 1.82) is 0 Å². The number of carbonyl (C=O) groups excluding carboxylic acids is 1. The lowest BCUT2D eigenvalue weighted by Crippen LogP contribution is -2.43. The minimum Gasteiger partial charge on any atom is -0.352 e. The number of nitrogens with one attached hydrogen (secondary N) is 1. The molecule has 2 aliphatic heterocycles. The number of carbonyl (C=O) groups is 1. The highest BCUT2D eigenvalue weighted by atomic mass is 32.1. The fourth-order valence-corrected chi connectivity index (χ4v) is 7.43. The summed E-state index contributed by atoms with van der Waals surface area (Å²) in [6, 6.07) is 0. The van der Waals surface area contributed by atoms with Crippen molar-refractivity contribution in [3.05, 3.63) is 21.4 Å². The minimum absolute atomic E-state index is 0.0498. The van der Waals surface area contributed by atoms with Gasteiger partial charge >= 0.3 is 0 Å². The molecule has 1 atom stereocenters. The number of fused-ring (bicyclic) bond motifs is 2. The lowest BCUT2D eigenvalue weighted by molar-refractivity contribution is 0.0951. The summed E-state index contributed by atoms with van der Waals surface area (Å²) in [6.07, 6.45) is 3.29. The van der Waals surface area contributed by atoms with E-state index < -0.39 is 0 Å². The maximum atomic E-state index is 12.7. The van der Waals surface area contributed by atoms with Gasteiger partial charge in [0.25, 0.3) is 5.91 Å². The Labute approximate surface area is 152 Å². The Bertz CT molecular complexity index is 673. The first-order valence-corrected chi connectivity index (χ1v) is 10.0. The van der Waals surface area contributed by atoms with Crippen molar-refractivity contribution in [3.63, 3.8) is 0 Å². The Kier molecular flexibility index (Phi) is 4.03. The molecule has 1 aromatic rings. The SMILES string of the molecule is Cc1csc2c1C(=O)NCCC21CC(C)(C)[B]C(C)(C)CC1(C)C. The smallest absolute Gasteiger partial charge is 0.252 e. The molecule has 0 aliphatic carbocycles. The van der Waals surface area contributed by atoms with Crippen molar-refractivity contribution >= 4 is 24.5 Å². The van der Waals surface area contributed by atoms with Crippen molar-refractivity contribution in [3.8, 4) is 0 Å². The maximum absolute atomic E-state index is 12.7. The third kappa shape index (κ3) is 2.75. The van der Waals surface area contributed by atoms with Crippen LogP contribution in [0.4, 0.5) is 0 Å². The number of hydrogen-bond acceptors (Lipinski definition) is 2. The van der Waals surface area contributed by atoms with Crippen LogP contribution in [0.25, 0.3) is 0 Å². The highest BCUT2D eigenvalue weighted by Crippen LogP contribution is 2.64. The third-order valence-corrected chi connectivity index (χ3v) is 7.51. The molecule has 1 N–H and O–H groups in total. The summed E-state index contributed by atoms with van der Waals surface area (Å²) in [5.41, 5.74) is 2.28. The Hall–Kier alpha value is -0.765. The zero-order chi connectivity index (χ0) is 18.0. The number of thiophene rings is 1. The minimum atomic E-state index is 0.0498. The number of rotatable bonds is 0. The summed E-state index contributed by atoms with van der Waals surface area (Å²) in [5, 5.41) is 5.70. The number of hydrogen-bond donors (Lipinski definition) is 1. The first-order valence-electron chi connectivity index (χ1n) is 9.13. The van der Waals surface area contributed by atoms with Crippen LogP contribution in [0.5, 0.6) is 0 Å². The molecule has 0 saturated carbocycles. The van der Waals surface area contributed by atoms with Gasteiger partial charge in [0.1, 0.15) is 7.28 Å². The highest BCUT2D eigenvalue weighted by Gasteiger charge is 2.56. The van der Waals surface area contributed by atoms with E-state index >= 15 is 0 Å². The molecule has 1 amide bonds. The van der Waals surface area contributed by atoms with Gasteiger partial charge in [0.15, 0.2) is 0 Å². The Morgan fingerprint density at radius 3 is 2.38 bits per heavy atom. The van der Waals surface area contributed by atoms with Crippen molar-refractivity contribution < 1.29 is 4.79 Å². The predicted molar refractivity (Wildman–Crippen MR) is 105 cm³/mol. The number of amides is 1. The predicted octanol–water partition coefficient (Wildman–Crippen LogP) is 5.35. The molecule has 24 heavy (non-hydrogen) atoms. The lowest BCUT2D eigenvalue weighted by Gasteiger charge is -2.49. The van der Waals surface area contributed by atoms with Crippen molar-refractivity contribution in [2.75, 3.05) is 6.54 Å². The van der Waals surface area contributed by atoms with E-state index in [1.807, 2.05) is 11.3 Å². The monoisotopic (exact) mass is 344 g/mol. The van der Waals surface area contributed by atoms with Crippen molar-refractivity contribution in [1.82, 2.24) is 5.32 Å². The summed E-state index contributed by atoms with van der Waals surface area (Å²) in [5.74, 6) is 0.127. The average Bonchev–Trinajstić information content (AvgIpc) is 2.66. The topological polar surface area (TPSA) is 29.1 Å². The normalized spacial score (nSPS) is 30.7. The van der Waals surface area contributed by atoms with Crippen molar-refractivity contribution in [2.24, 2.45) is 5.41 Å². The van der Waals surface area contributed by atoms with Crippen LogP contribution in [0.3, 0.4) is 0 Å². The summed E-state index contributed by atoms with van der Waals surface area (Å²) in [4.78, 5) is 14.0. The van der Waals surface area contributed by atoms with Gasteiger partial charge in [-0.15, -0.1) is 11.3 Å². The molecule has 1 unspecified atom stereocenters. The summed E-state index contributed by atoms with van der Waals surface area (Å²) < 4.78 is 0. The molecular weight excluding hydrogens is 313 g/mol. The van der Waals surface area contributed by atoms with Gasteiger partial charge in [-0.2, -0.15) is 0 Å². The fourth-order valence-electron chi connectivity index (χ4n) is 5.97. The second kappa shape index (κ2) is 5.36. The molecule has 2 aliphatic rings. The quantitative estimate of drug-likeness (QED) is 0.632. The molecule has 1 fully saturated rings. The highest BCUT2D eigenvalue weighted by molar-refractivity contribution is 7.10. The first kappa shape index (κ1) is 18.0. The Balaban J connectivity index is 2.26. The van der Waals surface area contributed by atoms with Crippen LogP contribution in [0.1, 0.15) is 81.6 Å². The molecule has 1 radical (unpaired) electrons. The number of aryl methyl sites for hydroxylation is 1. The summed E-state index contributed by atoms with van der Waals surface area (Å²) >= 11 is 1.81. The van der Waals surface area contributed by atoms with Gasteiger partial charge in [0, 0.05) is 16.8 Å². The van der Waals surface area contributed by atoms with E-state index in [4.69, 9.17) is 0 Å². The maximum Gasteiger partial charge on any atom is 0.252 e. The second-order valence-electron chi connectivity index (χ2n) is 10.1. The molecule has 0 aromatic carbocycles. The molecule has 2 nitrogen and oxygen atoms in total. The first-order chi connectivity index (χ1) is 10.9. The van der Waals surface area contributed by atoms with Gasteiger partial charge in [-0.3, -0.25) is 4.79 Å².